The summed E-state index contributed by atoms with van der Waals surface area (Å²) in [5.74, 6) is 0. The molecule has 6 heteroatoms. The van der Waals surface area contributed by atoms with Crippen LogP contribution in [-0.4, -0.2) is 21.5 Å². The molecule has 2 N–H and O–H groups in total. The van der Waals surface area contributed by atoms with Crippen molar-refractivity contribution in [2.24, 2.45) is 0 Å². The minimum Gasteiger partial charge on any atom is -0.394 e. The Kier molecular flexibility index (Phi) is 4.69. The topological polar surface area (TPSA) is 50.1 Å². The lowest BCUT2D eigenvalue weighted by Crippen LogP contribution is -2.06. The molecule has 0 radical (unpaired) electrons. The first-order valence-corrected chi connectivity index (χ1v) is 6.70. The lowest BCUT2D eigenvalue weighted by molar-refractivity contribution is 0.269. The largest absolute Gasteiger partial charge is 0.394 e. The molecule has 1 aromatic heterocycles. The summed E-state index contributed by atoms with van der Waals surface area (Å²) in [4.78, 5) is 0. The van der Waals surface area contributed by atoms with E-state index in [2.05, 4.69) is 10.4 Å². The van der Waals surface area contributed by atoms with Crippen LogP contribution >= 0.6 is 23.2 Å². The summed E-state index contributed by atoms with van der Waals surface area (Å²) in [7, 11) is 0. The number of aliphatic hydroxyl groups is 1. The third kappa shape index (κ3) is 3.86. The summed E-state index contributed by atoms with van der Waals surface area (Å²) in [6, 6.07) is 5.52. The average molecular weight is 300 g/mol. The highest BCUT2D eigenvalue weighted by Crippen LogP contribution is 2.25. The summed E-state index contributed by atoms with van der Waals surface area (Å²) in [5, 5.41) is 17.5. The predicted octanol–water partition coefficient (Wildman–Crippen LogP) is 3.36. The van der Waals surface area contributed by atoms with E-state index in [1.807, 2.05) is 25.3 Å². The predicted molar refractivity (Wildman–Crippen MR) is 77.8 cm³/mol. The van der Waals surface area contributed by atoms with Crippen molar-refractivity contribution in [2.75, 3.05) is 11.9 Å². The third-order valence-corrected chi connectivity index (χ3v) is 3.17. The summed E-state index contributed by atoms with van der Waals surface area (Å²) >= 11 is 12.0. The van der Waals surface area contributed by atoms with Gasteiger partial charge in [-0.25, -0.2) is 0 Å². The highest BCUT2D eigenvalue weighted by Gasteiger charge is 2.08. The van der Waals surface area contributed by atoms with Crippen molar-refractivity contribution >= 4 is 28.9 Å². The van der Waals surface area contributed by atoms with Gasteiger partial charge in [0.15, 0.2) is 0 Å². The van der Waals surface area contributed by atoms with E-state index >= 15 is 0 Å². The van der Waals surface area contributed by atoms with E-state index in [0.29, 0.717) is 16.6 Å². The molecule has 0 aliphatic carbocycles. The second-order valence-electron chi connectivity index (χ2n) is 4.28. The van der Waals surface area contributed by atoms with Gasteiger partial charge in [-0.2, -0.15) is 5.10 Å². The van der Waals surface area contributed by atoms with Crippen LogP contribution in [0.2, 0.25) is 10.0 Å². The number of rotatable bonds is 5. The molecule has 0 saturated heterocycles. The number of hydrogen-bond acceptors (Lipinski definition) is 3. The van der Waals surface area contributed by atoms with Crippen LogP contribution in [0.15, 0.2) is 30.6 Å². The zero-order valence-corrected chi connectivity index (χ0v) is 12.0. The number of nitrogens with one attached hydrogen (secondary N) is 1. The molecule has 0 amide bonds. The normalized spacial score (nSPS) is 12.4. The van der Waals surface area contributed by atoms with Crippen LogP contribution in [0.3, 0.4) is 0 Å². The van der Waals surface area contributed by atoms with Gasteiger partial charge in [0.1, 0.15) is 0 Å². The molecule has 4 nitrogen and oxygen atoms in total. The van der Waals surface area contributed by atoms with Crippen molar-refractivity contribution < 1.29 is 5.11 Å². The molecule has 0 aliphatic heterocycles. The van der Waals surface area contributed by atoms with Gasteiger partial charge >= 0.3 is 0 Å². The Hall–Kier alpha value is -1.23. The van der Waals surface area contributed by atoms with Gasteiger partial charge in [0.2, 0.25) is 0 Å². The molecule has 1 aromatic carbocycles. The number of nitrogens with zero attached hydrogens (tertiary/aromatic N) is 2. The monoisotopic (exact) mass is 299 g/mol. The van der Waals surface area contributed by atoms with E-state index in [0.717, 1.165) is 11.3 Å². The molecule has 2 rings (SSSR count). The van der Waals surface area contributed by atoms with E-state index in [-0.39, 0.29) is 12.6 Å². The number of aromatic nitrogens is 2. The Morgan fingerprint density at radius 3 is 2.63 bits per heavy atom. The first-order chi connectivity index (χ1) is 9.08. The number of benzene rings is 1. The summed E-state index contributed by atoms with van der Waals surface area (Å²) in [5.41, 5.74) is 1.89. The average Bonchev–Trinajstić information content (AvgIpc) is 2.76. The Morgan fingerprint density at radius 1 is 1.32 bits per heavy atom. The maximum Gasteiger partial charge on any atom is 0.0731 e. The first kappa shape index (κ1) is 14.2. The molecular formula is C13H15Cl2N3O. The highest BCUT2D eigenvalue weighted by atomic mass is 35.5. The maximum atomic E-state index is 8.84. The molecule has 1 heterocycles. The Labute approximate surface area is 122 Å². The van der Waals surface area contributed by atoms with Gasteiger partial charge in [-0.05, 0) is 30.7 Å². The van der Waals surface area contributed by atoms with E-state index in [9.17, 15) is 0 Å². The molecule has 0 saturated carbocycles. The van der Waals surface area contributed by atoms with Crippen LogP contribution in [0.5, 0.6) is 0 Å². The van der Waals surface area contributed by atoms with Gasteiger partial charge in [-0.3, -0.25) is 4.68 Å². The van der Waals surface area contributed by atoms with Gasteiger partial charge < -0.3 is 10.4 Å². The SMILES string of the molecule is CC(Nc1cnn(CCO)c1)c1cc(Cl)cc(Cl)c1. The number of hydrogen-bond donors (Lipinski definition) is 2. The lowest BCUT2D eigenvalue weighted by atomic mass is 10.1. The van der Waals surface area contributed by atoms with Gasteiger partial charge in [0.25, 0.3) is 0 Å². The number of halogens is 2. The van der Waals surface area contributed by atoms with Crippen LogP contribution in [0.1, 0.15) is 18.5 Å². The van der Waals surface area contributed by atoms with Crippen molar-refractivity contribution in [3.8, 4) is 0 Å². The van der Waals surface area contributed by atoms with Gasteiger partial charge in [-0.1, -0.05) is 23.2 Å². The van der Waals surface area contributed by atoms with Crippen LogP contribution in [0, 0.1) is 0 Å². The molecule has 0 aliphatic rings. The zero-order valence-electron chi connectivity index (χ0n) is 10.5. The Bertz CT molecular complexity index is 536. The summed E-state index contributed by atoms with van der Waals surface area (Å²) < 4.78 is 1.68. The highest BCUT2D eigenvalue weighted by molar-refractivity contribution is 6.34. The summed E-state index contributed by atoms with van der Waals surface area (Å²) in [6.07, 6.45) is 3.57. The smallest absolute Gasteiger partial charge is 0.0731 e. The number of aliphatic hydroxyl groups excluding tert-OH is 1. The van der Waals surface area contributed by atoms with Crippen molar-refractivity contribution in [2.45, 2.75) is 19.5 Å². The quantitative estimate of drug-likeness (QED) is 0.890. The Balaban J connectivity index is 2.08. The fourth-order valence-corrected chi connectivity index (χ4v) is 2.36. The second-order valence-corrected chi connectivity index (χ2v) is 5.16. The van der Waals surface area contributed by atoms with Gasteiger partial charge in [0.05, 0.1) is 25.0 Å². The molecule has 102 valence electrons. The van der Waals surface area contributed by atoms with Gasteiger partial charge in [-0.15, -0.1) is 0 Å². The van der Waals surface area contributed by atoms with Crippen LogP contribution in [0.4, 0.5) is 5.69 Å². The molecule has 19 heavy (non-hydrogen) atoms. The van der Waals surface area contributed by atoms with E-state index in [1.54, 1.807) is 16.9 Å². The molecule has 0 fully saturated rings. The first-order valence-electron chi connectivity index (χ1n) is 5.94. The van der Waals surface area contributed by atoms with Crippen molar-refractivity contribution in [3.63, 3.8) is 0 Å². The second kappa shape index (κ2) is 6.28. The van der Waals surface area contributed by atoms with E-state index in [1.165, 1.54) is 0 Å². The molecular weight excluding hydrogens is 285 g/mol. The fraction of sp³-hybridized carbons (Fsp3) is 0.308. The minimum atomic E-state index is 0.0583. The minimum absolute atomic E-state index is 0.0583. The van der Waals surface area contributed by atoms with Gasteiger partial charge in [0, 0.05) is 22.3 Å². The molecule has 0 bridgehead atoms. The summed E-state index contributed by atoms with van der Waals surface area (Å²) in [6.45, 7) is 2.57. The van der Waals surface area contributed by atoms with Crippen LogP contribution in [-0.2, 0) is 6.54 Å². The van der Waals surface area contributed by atoms with E-state index in [4.69, 9.17) is 28.3 Å². The lowest BCUT2D eigenvalue weighted by Gasteiger charge is -2.14. The van der Waals surface area contributed by atoms with Crippen LogP contribution < -0.4 is 5.32 Å². The molecule has 0 spiro atoms. The maximum absolute atomic E-state index is 8.84. The van der Waals surface area contributed by atoms with Crippen molar-refractivity contribution in [1.29, 1.82) is 0 Å². The standard InChI is InChI=1S/C13H15Cl2N3O/c1-9(10-4-11(14)6-12(15)5-10)17-13-7-16-18(8-13)2-3-19/h4-9,17,19H,2-3H2,1H3. The van der Waals surface area contributed by atoms with Crippen LogP contribution in [0.25, 0.3) is 0 Å². The molecule has 1 atom stereocenters. The van der Waals surface area contributed by atoms with Crippen molar-refractivity contribution in [3.05, 3.63) is 46.2 Å². The molecule has 1 unspecified atom stereocenters. The molecule has 2 aromatic rings. The fourth-order valence-electron chi connectivity index (χ4n) is 1.82. The third-order valence-electron chi connectivity index (χ3n) is 2.73. The zero-order chi connectivity index (χ0) is 13.8. The van der Waals surface area contributed by atoms with Crippen molar-refractivity contribution in [1.82, 2.24) is 9.78 Å². The Morgan fingerprint density at radius 2 is 2.00 bits per heavy atom. The van der Waals surface area contributed by atoms with E-state index < -0.39 is 0 Å². The number of anilines is 1.